The van der Waals surface area contributed by atoms with E-state index in [0.717, 1.165) is 19.3 Å². The molecule has 0 bridgehead atoms. The fraction of sp³-hybridized carbons (Fsp3) is 1.00. The first-order chi connectivity index (χ1) is 7.41. The zero-order chi connectivity index (χ0) is 12.3. The van der Waals surface area contributed by atoms with Crippen LogP contribution in [0.4, 0.5) is 0 Å². The molecule has 5 nitrogen and oxygen atoms in total. The van der Waals surface area contributed by atoms with Gasteiger partial charge in [-0.25, -0.2) is 0 Å². The van der Waals surface area contributed by atoms with Gasteiger partial charge in [-0.2, -0.15) is 17.0 Å². The van der Waals surface area contributed by atoms with E-state index in [1.165, 1.54) is 4.31 Å². The number of hydrogen-bond donors (Lipinski definition) is 1. The summed E-state index contributed by atoms with van der Waals surface area (Å²) >= 11 is 0. The molecule has 0 saturated carbocycles. The van der Waals surface area contributed by atoms with Crippen LogP contribution in [-0.4, -0.2) is 49.2 Å². The van der Waals surface area contributed by atoms with E-state index in [-0.39, 0.29) is 24.5 Å². The number of nitrogens with two attached hydrogens (primary N) is 1. The highest BCUT2D eigenvalue weighted by atomic mass is 35.5. The minimum Gasteiger partial charge on any atom is -0.329 e. The quantitative estimate of drug-likeness (QED) is 0.831. The van der Waals surface area contributed by atoms with Gasteiger partial charge in [-0.05, 0) is 26.7 Å². The minimum absolute atomic E-state index is 0. The van der Waals surface area contributed by atoms with E-state index in [2.05, 4.69) is 0 Å². The van der Waals surface area contributed by atoms with E-state index < -0.39 is 10.2 Å². The van der Waals surface area contributed by atoms with Crippen LogP contribution >= 0.6 is 12.4 Å². The fourth-order valence-electron chi connectivity index (χ4n) is 1.95. The van der Waals surface area contributed by atoms with E-state index in [9.17, 15) is 8.42 Å². The maximum atomic E-state index is 12.3. The van der Waals surface area contributed by atoms with Gasteiger partial charge in [0.15, 0.2) is 0 Å². The van der Waals surface area contributed by atoms with Gasteiger partial charge in [0, 0.05) is 32.2 Å². The van der Waals surface area contributed by atoms with E-state index in [4.69, 9.17) is 5.73 Å². The number of nitrogens with zero attached hydrogens (tertiary/aromatic N) is 2. The van der Waals surface area contributed by atoms with Gasteiger partial charge in [0.1, 0.15) is 0 Å². The molecule has 1 unspecified atom stereocenters. The minimum atomic E-state index is -3.34. The van der Waals surface area contributed by atoms with Crippen molar-refractivity contribution < 1.29 is 8.42 Å². The number of piperidine rings is 1. The lowest BCUT2D eigenvalue weighted by Gasteiger charge is -2.37. The van der Waals surface area contributed by atoms with Crippen molar-refractivity contribution in [3.63, 3.8) is 0 Å². The largest absolute Gasteiger partial charge is 0.329 e. The Morgan fingerprint density at radius 1 is 1.41 bits per heavy atom. The molecule has 0 aromatic heterocycles. The molecule has 1 saturated heterocycles. The van der Waals surface area contributed by atoms with Crippen LogP contribution in [0.3, 0.4) is 0 Å². The van der Waals surface area contributed by atoms with Gasteiger partial charge in [-0.15, -0.1) is 12.4 Å². The van der Waals surface area contributed by atoms with Crippen LogP contribution < -0.4 is 5.73 Å². The summed E-state index contributed by atoms with van der Waals surface area (Å²) in [6.07, 6.45) is 2.88. The molecule has 1 heterocycles. The van der Waals surface area contributed by atoms with Crippen molar-refractivity contribution >= 4 is 22.6 Å². The van der Waals surface area contributed by atoms with Crippen molar-refractivity contribution in [2.24, 2.45) is 5.73 Å². The summed E-state index contributed by atoms with van der Waals surface area (Å²) in [6, 6.07) is -0.0506. The Labute approximate surface area is 111 Å². The molecule has 1 aliphatic rings. The average molecular weight is 286 g/mol. The molecule has 1 rings (SSSR count). The van der Waals surface area contributed by atoms with Gasteiger partial charge in [0.05, 0.1) is 0 Å². The van der Waals surface area contributed by atoms with E-state index >= 15 is 0 Å². The van der Waals surface area contributed by atoms with E-state index in [0.29, 0.717) is 13.1 Å². The Morgan fingerprint density at radius 3 is 2.47 bits per heavy atom. The maximum absolute atomic E-state index is 12.3. The summed E-state index contributed by atoms with van der Waals surface area (Å²) in [7, 11) is -1.71. The van der Waals surface area contributed by atoms with Gasteiger partial charge < -0.3 is 5.73 Å². The van der Waals surface area contributed by atoms with Gasteiger partial charge in [-0.3, -0.25) is 0 Å². The van der Waals surface area contributed by atoms with E-state index in [1.54, 1.807) is 11.4 Å². The summed E-state index contributed by atoms with van der Waals surface area (Å²) in [6.45, 7) is 4.75. The third kappa shape index (κ3) is 3.79. The topological polar surface area (TPSA) is 66.6 Å². The molecule has 0 aliphatic carbocycles. The predicted octanol–water partition coefficient (Wildman–Crippen LogP) is 0.806. The van der Waals surface area contributed by atoms with Crippen LogP contribution in [0.25, 0.3) is 0 Å². The van der Waals surface area contributed by atoms with Crippen LogP contribution in [0.1, 0.15) is 33.1 Å². The molecule has 0 radical (unpaired) electrons. The SMILES string of the molecule is CC(C)N(C)S(=O)(=O)N1CCCCC1CN.Cl. The van der Waals surface area contributed by atoms with Crippen molar-refractivity contribution in [3.8, 4) is 0 Å². The second kappa shape index (κ2) is 6.89. The fourth-order valence-corrected chi connectivity index (χ4v) is 3.74. The first kappa shape index (κ1) is 17.1. The van der Waals surface area contributed by atoms with Crippen molar-refractivity contribution in [1.82, 2.24) is 8.61 Å². The Morgan fingerprint density at radius 2 is 2.00 bits per heavy atom. The van der Waals surface area contributed by atoms with Crippen molar-refractivity contribution in [2.75, 3.05) is 20.1 Å². The standard InChI is InChI=1S/C10H23N3O2S.ClH/c1-9(2)12(3)16(14,15)13-7-5-4-6-10(13)8-11;/h9-10H,4-8,11H2,1-3H3;1H. The predicted molar refractivity (Wildman–Crippen MR) is 72.5 cm³/mol. The van der Waals surface area contributed by atoms with E-state index in [1.807, 2.05) is 13.8 Å². The molecule has 2 N–H and O–H groups in total. The second-order valence-electron chi connectivity index (χ2n) is 4.61. The third-order valence-corrected chi connectivity index (χ3v) is 5.46. The number of hydrogen-bond acceptors (Lipinski definition) is 3. The first-order valence-electron chi connectivity index (χ1n) is 5.86. The molecule has 104 valence electrons. The van der Waals surface area contributed by atoms with Crippen LogP contribution in [0.15, 0.2) is 0 Å². The molecular weight excluding hydrogens is 262 g/mol. The lowest BCUT2D eigenvalue weighted by atomic mass is 10.1. The molecule has 1 fully saturated rings. The maximum Gasteiger partial charge on any atom is 0.282 e. The van der Waals surface area contributed by atoms with Gasteiger partial charge >= 0.3 is 0 Å². The van der Waals surface area contributed by atoms with Gasteiger partial charge in [0.2, 0.25) is 0 Å². The monoisotopic (exact) mass is 285 g/mol. The highest BCUT2D eigenvalue weighted by Gasteiger charge is 2.35. The van der Waals surface area contributed by atoms with Gasteiger partial charge in [0.25, 0.3) is 10.2 Å². The Balaban J connectivity index is 0.00000256. The molecule has 0 spiro atoms. The van der Waals surface area contributed by atoms with Crippen LogP contribution in [-0.2, 0) is 10.2 Å². The highest BCUT2D eigenvalue weighted by molar-refractivity contribution is 7.86. The van der Waals surface area contributed by atoms with Crippen molar-refractivity contribution in [2.45, 2.75) is 45.2 Å². The number of halogens is 1. The zero-order valence-electron chi connectivity index (χ0n) is 10.8. The molecule has 0 amide bonds. The normalized spacial score (nSPS) is 22.8. The van der Waals surface area contributed by atoms with Gasteiger partial charge in [-0.1, -0.05) is 6.42 Å². The van der Waals surface area contributed by atoms with Crippen molar-refractivity contribution in [1.29, 1.82) is 0 Å². The highest BCUT2D eigenvalue weighted by Crippen LogP contribution is 2.22. The lowest BCUT2D eigenvalue weighted by molar-refractivity contribution is 0.235. The van der Waals surface area contributed by atoms with Crippen LogP contribution in [0.2, 0.25) is 0 Å². The Kier molecular flexibility index (Phi) is 6.94. The smallest absolute Gasteiger partial charge is 0.282 e. The van der Waals surface area contributed by atoms with Crippen LogP contribution in [0.5, 0.6) is 0 Å². The van der Waals surface area contributed by atoms with Crippen LogP contribution in [0, 0.1) is 0 Å². The molecule has 0 aromatic carbocycles. The third-order valence-electron chi connectivity index (χ3n) is 3.23. The summed E-state index contributed by atoms with van der Waals surface area (Å²) in [4.78, 5) is 0. The number of rotatable bonds is 4. The second-order valence-corrected chi connectivity index (χ2v) is 6.55. The Hall–Kier alpha value is 0.120. The summed E-state index contributed by atoms with van der Waals surface area (Å²) in [5.74, 6) is 0. The average Bonchev–Trinajstić information content (AvgIpc) is 2.27. The zero-order valence-corrected chi connectivity index (χ0v) is 12.4. The molecule has 0 aromatic rings. The molecular formula is C10H24ClN3O2S. The molecule has 1 aliphatic heterocycles. The lowest BCUT2D eigenvalue weighted by Crippen LogP contribution is -2.53. The first-order valence-corrected chi connectivity index (χ1v) is 7.25. The summed E-state index contributed by atoms with van der Waals surface area (Å²) in [5, 5.41) is 0. The van der Waals surface area contributed by atoms with Crippen molar-refractivity contribution in [3.05, 3.63) is 0 Å². The Bertz CT molecular complexity index is 322. The summed E-state index contributed by atoms with van der Waals surface area (Å²) in [5.41, 5.74) is 5.64. The summed E-state index contributed by atoms with van der Waals surface area (Å²) < 4.78 is 27.6. The molecule has 7 heteroatoms. The molecule has 1 atom stereocenters. The molecule has 17 heavy (non-hydrogen) atoms.